The smallest absolute Gasteiger partial charge is 0.128 e. The van der Waals surface area contributed by atoms with E-state index < -0.39 is 6.10 Å². The van der Waals surface area contributed by atoms with Crippen LogP contribution in [0, 0.1) is 0 Å². The third-order valence-corrected chi connectivity index (χ3v) is 2.41. The van der Waals surface area contributed by atoms with Gasteiger partial charge < -0.3 is 9.84 Å². The number of aryl methyl sites for hydroxylation is 1. The molecule has 2 rings (SSSR count). The number of aliphatic hydroxyl groups excluding tert-OH is 1. The molecule has 1 aromatic rings. The summed E-state index contributed by atoms with van der Waals surface area (Å²) in [4.78, 5) is 0. The zero-order valence-corrected chi connectivity index (χ0v) is 7.79. The van der Waals surface area contributed by atoms with Crippen molar-refractivity contribution in [3.63, 3.8) is 0 Å². The highest BCUT2D eigenvalue weighted by molar-refractivity contribution is 5.43. The number of benzene rings is 1. The molecule has 1 aliphatic heterocycles. The van der Waals surface area contributed by atoms with Gasteiger partial charge in [0.2, 0.25) is 0 Å². The van der Waals surface area contributed by atoms with E-state index in [4.69, 9.17) is 4.74 Å². The number of hydrogen-bond acceptors (Lipinski definition) is 2. The van der Waals surface area contributed by atoms with Crippen molar-refractivity contribution >= 4 is 0 Å². The number of hydrogen-bond donors (Lipinski definition) is 1. The summed E-state index contributed by atoms with van der Waals surface area (Å²) in [5.41, 5.74) is 2.14. The molecule has 0 saturated carbocycles. The van der Waals surface area contributed by atoms with Crippen molar-refractivity contribution in [3.05, 3.63) is 29.3 Å². The van der Waals surface area contributed by atoms with Crippen molar-refractivity contribution < 1.29 is 9.84 Å². The monoisotopic (exact) mass is 178 g/mol. The van der Waals surface area contributed by atoms with Gasteiger partial charge in [-0.05, 0) is 25.3 Å². The van der Waals surface area contributed by atoms with Crippen molar-refractivity contribution in [1.29, 1.82) is 0 Å². The van der Waals surface area contributed by atoms with Crippen molar-refractivity contribution in [1.82, 2.24) is 0 Å². The molecule has 0 bridgehead atoms. The largest absolute Gasteiger partial charge is 0.493 e. The van der Waals surface area contributed by atoms with E-state index in [2.05, 4.69) is 6.07 Å². The lowest BCUT2D eigenvalue weighted by molar-refractivity contribution is 0.188. The molecular formula is C11H14O2. The van der Waals surface area contributed by atoms with E-state index in [1.54, 1.807) is 6.92 Å². The molecule has 0 amide bonds. The molecule has 0 fully saturated rings. The first kappa shape index (κ1) is 8.57. The molecule has 1 aromatic carbocycles. The summed E-state index contributed by atoms with van der Waals surface area (Å²) in [6.07, 6.45) is 1.71. The fourth-order valence-electron chi connectivity index (χ4n) is 1.74. The Kier molecular flexibility index (Phi) is 2.23. The van der Waals surface area contributed by atoms with Crippen molar-refractivity contribution in [2.45, 2.75) is 25.9 Å². The summed E-state index contributed by atoms with van der Waals surface area (Å²) in [6.45, 7) is 2.55. The van der Waals surface area contributed by atoms with Crippen LogP contribution in [0.25, 0.3) is 0 Å². The molecule has 1 N–H and O–H groups in total. The van der Waals surface area contributed by atoms with Crippen LogP contribution in [-0.4, -0.2) is 11.7 Å². The van der Waals surface area contributed by atoms with Crippen molar-refractivity contribution in [3.8, 4) is 5.75 Å². The summed E-state index contributed by atoms with van der Waals surface area (Å²) in [5, 5.41) is 9.50. The highest BCUT2D eigenvalue weighted by Crippen LogP contribution is 2.32. The molecule has 0 aromatic heterocycles. The molecule has 1 atom stereocenters. The minimum Gasteiger partial charge on any atom is -0.493 e. The van der Waals surface area contributed by atoms with Gasteiger partial charge in [-0.15, -0.1) is 0 Å². The van der Waals surface area contributed by atoms with Gasteiger partial charge in [-0.3, -0.25) is 0 Å². The van der Waals surface area contributed by atoms with E-state index in [0.29, 0.717) is 0 Å². The Balaban J connectivity index is 2.46. The molecule has 2 heteroatoms. The average molecular weight is 178 g/mol. The van der Waals surface area contributed by atoms with Gasteiger partial charge in [0.05, 0.1) is 12.7 Å². The van der Waals surface area contributed by atoms with Gasteiger partial charge in [-0.2, -0.15) is 0 Å². The van der Waals surface area contributed by atoms with Crippen LogP contribution in [0.2, 0.25) is 0 Å². The molecule has 70 valence electrons. The third-order valence-electron chi connectivity index (χ3n) is 2.41. The molecule has 1 unspecified atom stereocenters. The Morgan fingerprint density at radius 3 is 3.08 bits per heavy atom. The minimum absolute atomic E-state index is 0.437. The molecule has 0 saturated heterocycles. The predicted octanol–water partition coefficient (Wildman–Crippen LogP) is 2.06. The molecule has 0 aliphatic carbocycles. The number of ether oxygens (including phenoxy) is 1. The van der Waals surface area contributed by atoms with E-state index in [0.717, 1.165) is 30.8 Å². The van der Waals surface area contributed by atoms with Crippen LogP contribution in [0.4, 0.5) is 0 Å². The first-order valence-corrected chi connectivity index (χ1v) is 4.71. The van der Waals surface area contributed by atoms with Crippen LogP contribution in [0.3, 0.4) is 0 Å². The Hall–Kier alpha value is -1.02. The highest BCUT2D eigenvalue weighted by Gasteiger charge is 2.16. The summed E-state index contributed by atoms with van der Waals surface area (Å²) in [5.74, 6) is 0.906. The van der Waals surface area contributed by atoms with Gasteiger partial charge in [0.1, 0.15) is 5.75 Å². The van der Waals surface area contributed by atoms with Gasteiger partial charge in [0, 0.05) is 5.56 Å². The second-order valence-electron chi connectivity index (χ2n) is 3.46. The Morgan fingerprint density at radius 2 is 2.31 bits per heavy atom. The molecule has 1 heterocycles. The number of aliphatic hydroxyl groups is 1. The maximum atomic E-state index is 9.50. The van der Waals surface area contributed by atoms with Crippen molar-refractivity contribution in [2.75, 3.05) is 6.61 Å². The van der Waals surface area contributed by atoms with Gasteiger partial charge in [0.15, 0.2) is 0 Å². The summed E-state index contributed by atoms with van der Waals surface area (Å²) in [7, 11) is 0. The lowest BCUT2D eigenvalue weighted by atomic mass is 10.00. The van der Waals surface area contributed by atoms with Crippen LogP contribution >= 0.6 is 0 Å². The van der Waals surface area contributed by atoms with Crippen molar-refractivity contribution in [2.24, 2.45) is 0 Å². The summed E-state index contributed by atoms with van der Waals surface area (Å²) < 4.78 is 5.56. The molecule has 1 aliphatic rings. The Bertz CT molecular complexity index is 305. The van der Waals surface area contributed by atoms with Gasteiger partial charge in [0.25, 0.3) is 0 Å². The fraction of sp³-hybridized carbons (Fsp3) is 0.455. The maximum absolute atomic E-state index is 9.50. The van der Waals surface area contributed by atoms with Crippen LogP contribution in [0.5, 0.6) is 5.75 Å². The first-order valence-electron chi connectivity index (χ1n) is 4.71. The second kappa shape index (κ2) is 3.38. The first-order chi connectivity index (χ1) is 6.29. The Labute approximate surface area is 78.2 Å². The van der Waals surface area contributed by atoms with Crippen LogP contribution in [0.15, 0.2) is 18.2 Å². The predicted molar refractivity (Wildman–Crippen MR) is 50.9 cm³/mol. The quantitative estimate of drug-likeness (QED) is 0.713. The zero-order chi connectivity index (χ0) is 9.26. The maximum Gasteiger partial charge on any atom is 0.128 e. The third kappa shape index (κ3) is 1.54. The molecule has 0 spiro atoms. The van der Waals surface area contributed by atoms with Gasteiger partial charge in [-0.25, -0.2) is 0 Å². The second-order valence-corrected chi connectivity index (χ2v) is 3.46. The highest BCUT2D eigenvalue weighted by atomic mass is 16.5. The number of para-hydroxylation sites is 1. The van der Waals surface area contributed by atoms with E-state index in [9.17, 15) is 5.11 Å². The molecule has 13 heavy (non-hydrogen) atoms. The normalized spacial score (nSPS) is 17.4. The standard InChI is InChI=1S/C11H14O2/c1-8(12)10-6-2-4-9-5-3-7-13-11(9)10/h2,4,6,8,12H,3,5,7H2,1H3. The summed E-state index contributed by atoms with van der Waals surface area (Å²) in [6, 6.07) is 5.98. The molecule has 2 nitrogen and oxygen atoms in total. The van der Waals surface area contributed by atoms with Gasteiger partial charge in [-0.1, -0.05) is 18.2 Å². The minimum atomic E-state index is -0.437. The van der Waals surface area contributed by atoms with Crippen LogP contribution < -0.4 is 4.74 Å². The summed E-state index contributed by atoms with van der Waals surface area (Å²) >= 11 is 0. The SMILES string of the molecule is CC(O)c1cccc2c1OCCC2. The molecule has 0 radical (unpaired) electrons. The number of rotatable bonds is 1. The Morgan fingerprint density at radius 1 is 1.46 bits per heavy atom. The fourth-order valence-corrected chi connectivity index (χ4v) is 1.74. The lowest BCUT2D eigenvalue weighted by Gasteiger charge is -2.21. The van der Waals surface area contributed by atoms with Crippen LogP contribution in [-0.2, 0) is 6.42 Å². The van der Waals surface area contributed by atoms with E-state index >= 15 is 0 Å². The zero-order valence-electron chi connectivity index (χ0n) is 7.79. The molecular weight excluding hydrogens is 164 g/mol. The van der Waals surface area contributed by atoms with E-state index in [1.807, 2.05) is 12.1 Å². The van der Waals surface area contributed by atoms with Crippen LogP contribution in [0.1, 0.15) is 30.6 Å². The van der Waals surface area contributed by atoms with Gasteiger partial charge >= 0.3 is 0 Å². The van der Waals surface area contributed by atoms with E-state index in [1.165, 1.54) is 5.56 Å². The lowest BCUT2D eigenvalue weighted by Crippen LogP contribution is -2.11. The number of fused-ring (bicyclic) bond motifs is 1. The topological polar surface area (TPSA) is 29.5 Å². The average Bonchev–Trinajstić information content (AvgIpc) is 2.17. The van der Waals surface area contributed by atoms with E-state index in [-0.39, 0.29) is 0 Å².